The van der Waals surface area contributed by atoms with E-state index in [2.05, 4.69) is 10.3 Å². The molecule has 0 bridgehead atoms. The van der Waals surface area contributed by atoms with Crippen molar-refractivity contribution >= 4 is 27.9 Å². The fourth-order valence-electron chi connectivity index (χ4n) is 2.81. The van der Waals surface area contributed by atoms with Crippen molar-refractivity contribution in [2.75, 3.05) is 5.32 Å². The second-order valence-corrected chi connectivity index (χ2v) is 7.24. The summed E-state index contributed by atoms with van der Waals surface area (Å²) in [6, 6.07) is 15.3. The number of amides is 1. The van der Waals surface area contributed by atoms with E-state index in [-0.39, 0.29) is 5.91 Å². The number of anilines is 1. The number of nitrogens with zero attached hydrogens (tertiary/aromatic N) is 2. The minimum Gasteiger partial charge on any atom is -0.481 e. The predicted octanol–water partition coefficient (Wildman–Crippen LogP) is 4.78. The van der Waals surface area contributed by atoms with Gasteiger partial charge >= 0.3 is 0 Å². The maximum absolute atomic E-state index is 12.5. The summed E-state index contributed by atoms with van der Waals surface area (Å²) in [6.07, 6.45) is 3.36. The molecule has 0 aliphatic carbocycles. The number of thiazole rings is 1. The quantitative estimate of drug-likeness (QED) is 0.545. The van der Waals surface area contributed by atoms with E-state index in [1.165, 1.54) is 0 Å². The molecule has 136 valence electrons. The van der Waals surface area contributed by atoms with Crippen LogP contribution in [0.1, 0.15) is 12.5 Å². The third-order valence-electron chi connectivity index (χ3n) is 4.19. The Morgan fingerprint density at radius 3 is 2.89 bits per heavy atom. The van der Waals surface area contributed by atoms with E-state index < -0.39 is 6.10 Å². The molecule has 0 saturated heterocycles. The normalized spacial score (nSPS) is 12.1. The number of benzene rings is 2. The van der Waals surface area contributed by atoms with E-state index in [9.17, 15) is 4.79 Å². The smallest absolute Gasteiger partial charge is 0.265 e. The number of nitrogens with one attached hydrogen (secondary N) is 1. The number of ether oxygens (including phenoxy) is 1. The Kier molecular flexibility index (Phi) is 4.64. The van der Waals surface area contributed by atoms with Crippen LogP contribution in [0.3, 0.4) is 0 Å². The first-order chi connectivity index (χ1) is 13.1. The van der Waals surface area contributed by atoms with Gasteiger partial charge in [-0.2, -0.15) is 0 Å². The van der Waals surface area contributed by atoms with Gasteiger partial charge in [-0.3, -0.25) is 9.20 Å². The SMILES string of the molecule is Cc1cccc(OC(C)C(=O)Nc2cccc(-c3cn4ccsc4n3)c2)c1. The number of fused-ring (bicyclic) bond motifs is 1. The molecule has 0 radical (unpaired) electrons. The molecule has 0 saturated carbocycles. The van der Waals surface area contributed by atoms with Gasteiger partial charge in [0.15, 0.2) is 11.1 Å². The maximum atomic E-state index is 12.5. The van der Waals surface area contributed by atoms with Crippen LogP contribution in [0.5, 0.6) is 5.75 Å². The van der Waals surface area contributed by atoms with E-state index in [1.807, 2.05) is 77.6 Å². The first-order valence-corrected chi connectivity index (χ1v) is 9.53. The van der Waals surface area contributed by atoms with Gasteiger partial charge in [0, 0.05) is 29.0 Å². The number of hydrogen-bond acceptors (Lipinski definition) is 4. The molecular weight excluding hydrogens is 358 g/mol. The van der Waals surface area contributed by atoms with Crippen molar-refractivity contribution in [2.45, 2.75) is 20.0 Å². The van der Waals surface area contributed by atoms with Gasteiger partial charge in [0.2, 0.25) is 0 Å². The first-order valence-electron chi connectivity index (χ1n) is 8.65. The monoisotopic (exact) mass is 377 g/mol. The highest BCUT2D eigenvalue weighted by atomic mass is 32.1. The summed E-state index contributed by atoms with van der Waals surface area (Å²) in [5, 5.41) is 4.92. The van der Waals surface area contributed by atoms with Crippen molar-refractivity contribution in [3.8, 4) is 17.0 Å². The van der Waals surface area contributed by atoms with Gasteiger partial charge in [0.05, 0.1) is 5.69 Å². The first kappa shape index (κ1) is 17.3. The molecule has 4 rings (SSSR count). The Morgan fingerprint density at radius 1 is 1.22 bits per heavy atom. The van der Waals surface area contributed by atoms with Crippen molar-refractivity contribution in [3.05, 3.63) is 71.9 Å². The Bertz CT molecular complexity index is 1070. The van der Waals surface area contributed by atoms with Crippen molar-refractivity contribution in [2.24, 2.45) is 0 Å². The molecular formula is C21H19N3O2S. The Morgan fingerprint density at radius 2 is 2.07 bits per heavy atom. The molecule has 0 spiro atoms. The van der Waals surface area contributed by atoms with E-state index in [0.29, 0.717) is 11.4 Å². The van der Waals surface area contributed by atoms with Crippen LogP contribution in [-0.2, 0) is 4.79 Å². The largest absolute Gasteiger partial charge is 0.481 e. The van der Waals surface area contributed by atoms with Crippen LogP contribution in [0.4, 0.5) is 5.69 Å². The van der Waals surface area contributed by atoms with Gasteiger partial charge in [0.25, 0.3) is 5.91 Å². The van der Waals surface area contributed by atoms with Crippen LogP contribution < -0.4 is 10.1 Å². The van der Waals surface area contributed by atoms with E-state index in [1.54, 1.807) is 18.3 Å². The maximum Gasteiger partial charge on any atom is 0.265 e. The highest BCUT2D eigenvalue weighted by molar-refractivity contribution is 7.15. The molecule has 6 heteroatoms. The topological polar surface area (TPSA) is 55.6 Å². The molecule has 1 atom stereocenters. The summed E-state index contributed by atoms with van der Waals surface area (Å²) < 4.78 is 7.74. The van der Waals surface area contributed by atoms with Crippen LogP contribution in [0.15, 0.2) is 66.3 Å². The highest BCUT2D eigenvalue weighted by Gasteiger charge is 2.15. The molecule has 2 heterocycles. The van der Waals surface area contributed by atoms with Gasteiger partial charge < -0.3 is 10.1 Å². The summed E-state index contributed by atoms with van der Waals surface area (Å²) in [4.78, 5) is 18.0. The number of carbonyl (C=O) groups excluding carboxylic acids is 1. The Balaban J connectivity index is 1.47. The summed E-state index contributed by atoms with van der Waals surface area (Å²) in [7, 11) is 0. The molecule has 5 nitrogen and oxygen atoms in total. The van der Waals surface area contributed by atoms with E-state index >= 15 is 0 Å². The molecule has 0 fully saturated rings. The number of carbonyl (C=O) groups is 1. The van der Waals surface area contributed by atoms with Crippen LogP contribution in [0.25, 0.3) is 16.2 Å². The molecule has 1 unspecified atom stereocenters. The summed E-state index contributed by atoms with van der Waals surface area (Å²) in [6.45, 7) is 3.73. The predicted molar refractivity (Wildman–Crippen MR) is 108 cm³/mol. The summed E-state index contributed by atoms with van der Waals surface area (Å²) in [5.74, 6) is 0.490. The zero-order valence-electron chi connectivity index (χ0n) is 15.0. The van der Waals surface area contributed by atoms with Crippen molar-refractivity contribution < 1.29 is 9.53 Å². The number of aryl methyl sites for hydroxylation is 1. The number of hydrogen-bond donors (Lipinski definition) is 1. The molecule has 0 aliphatic heterocycles. The zero-order valence-corrected chi connectivity index (χ0v) is 15.9. The zero-order chi connectivity index (χ0) is 18.8. The molecule has 1 N–H and O–H groups in total. The van der Waals surface area contributed by atoms with Crippen LogP contribution in [0.2, 0.25) is 0 Å². The minimum atomic E-state index is -0.603. The number of imidazole rings is 1. The molecule has 0 aliphatic rings. The van der Waals surface area contributed by atoms with Gasteiger partial charge in [-0.15, -0.1) is 11.3 Å². The molecule has 2 aromatic heterocycles. The summed E-state index contributed by atoms with van der Waals surface area (Å²) in [5.41, 5.74) is 3.64. The third kappa shape index (κ3) is 3.85. The fourth-order valence-corrected chi connectivity index (χ4v) is 3.51. The lowest BCUT2D eigenvalue weighted by atomic mass is 10.1. The van der Waals surface area contributed by atoms with Crippen molar-refractivity contribution in [1.29, 1.82) is 0 Å². The molecule has 2 aromatic carbocycles. The Hall–Kier alpha value is -3.12. The van der Waals surface area contributed by atoms with Gasteiger partial charge in [-0.05, 0) is 43.7 Å². The van der Waals surface area contributed by atoms with Crippen LogP contribution in [0, 0.1) is 6.92 Å². The Labute approximate surface area is 161 Å². The average Bonchev–Trinajstić information content (AvgIpc) is 3.24. The van der Waals surface area contributed by atoms with Gasteiger partial charge in [-0.1, -0.05) is 24.3 Å². The summed E-state index contributed by atoms with van der Waals surface area (Å²) >= 11 is 1.59. The molecule has 1 amide bonds. The second-order valence-electron chi connectivity index (χ2n) is 6.37. The second kappa shape index (κ2) is 7.25. The van der Waals surface area contributed by atoms with Crippen LogP contribution >= 0.6 is 11.3 Å². The van der Waals surface area contributed by atoms with E-state index in [0.717, 1.165) is 21.8 Å². The highest BCUT2D eigenvalue weighted by Crippen LogP contribution is 2.24. The average molecular weight is 377 g/mol. The van der Waals surface area contributed by atoms with Gasteiger partial charge in [0.1, 0.15) is 5.75 Å². The van der Waals surface area contributed by atoms with Gasteiger partial charge in [-0.25, -0.2) is 4.98 Å². The minimum absolute atomic E-state index is 0.195. The lowest BCUT2D eigenvalue weighted by molar-refractivity contribution is -0.122. The fraction of sp³-hybridized carbons (Fsp3) is 0.143. The van der Waals surface area contributed by atoms with Crippen LogP contribution in [-0.4, -0.2) is 21.4 Å². The lowest BCUT2D eigenvalue weighted by Gasteiger charge is -2.15. The molecule has 4 aromatic rings. The van der Waals surface area contributed by atoms with E-state index in [4.69, 9.17) is 4.74 Å². The third-order valence-corrected chi connectivity index (χ3v) is 4.96. The number of aromatic nitrogens is 2. The number of rotatable bonds is 5. The standard InChI is InChI=1S/C21H19N3O2S/c1-14-5-3-8-18(11-14)26-15(2)20(25)22-17-7-4-6-16(12-17)19-13-24-9-10-27-21(24)23-19/h3-13,15H,1-2H3,(H,22,25). The van der Waals surface area contributed by atoms with Crippen molar-refractivity contribution in [3.63, 3.8) is 0 Å². The lowest BCUT2D eigenvalue weighted by Crippen LogP contribution is -2.30. The van der Waals surface area contributed by atoms with Crippen molar-refractivity contribution in [1.82, 2.24) is 9.38 Å². The molecule has 27 heavy (non-hydrogen) atoms.